The second kappa shape index (κ2) is 7.90. The Labute approximate surface area is 121 Å². The first-order chi connectivity index (χ1) is 9.43. The Kier molecular flexibility index (Phi) is 6.52. The molecule has 1 amide bonds. The minimum Gasteiger partial charge on any atom is -0.507 e. The number of phenolic OH excluding ortho intramolecular Hbond substituents is 1. The van der Waals surface area contributed by atoms with Crippen LogP contribution < -0.4 is 10.6 Å². The number of carbonyl (C=O) groups excluding carboxylic acids is 1. The number of rotatable bonds is 7. The van der Waals surface area contributed by atoms with E-state index in [9.17, 15) is 9.90 Å². The smallest absolute Gasteiger partial charge is 0.221 e. The summed E-state index contributed by atoms with van der Waals surface area (Å²) in [5, 5.41) is 15.9. The number of aryl methyl sites for hydroxylation is 2. The van der Waals surface area contributed by atoms with Crippen molar-refractivity contribution in [2.75, 3.05) is 6.54 Å². The van der Waals surface area contributed by atoms with Crippen molar-refractivity contribution < 1.29 is 9.90 Å². The third kappa shape index (κ3) is 5.21. The third-order valence-corrected chi connectivity index (χ3v) is 3.43. The highest BCUT2D eigenvalue weighted by molar-refractivity contribution is 5.76. The van der Waals surface area contributed by atoms with Crippen molar-refractivity contribution in [3.05, 3.63) is 28.8 Å². The molecule has 0 bridgehead atoms. The Morgan fingerprint density at radius 1 is 1.30 bits per heavy atom. The van der Waals surface area contributed by atoms with Gasteiger partial charge in [-0.25, -0.2) is 0 Å². The van der Waals surface area contributed by atoms with E-state index in [4.69, 9.17) is 0 Å². The summed E-state index contributed by atoms with van der Waals surface area (Å²) in [6.07, 6.45) is 1.44. The number of aromatic hydroxyl groups is 1. The van der Waals surface area contributed by atoms with Gasteiger partial charge in [0, 0.05) is 25.6 Å². The maximum absolute atomic E-state index is 11.6. The van der Waals surface area contributed by atoms with E-state index in [0.717, 1.165) is 23.1 Å². The van der Waals surface area contributed by atoms with Crippen LogP contribution in [-0.2, 0) is 11.3 Å². The van der Waals surface area contributed by atoms with Gasteiger partial charge in [-0.05, 0) is 43.9 Å². The van der Waals surface area contributed by atoms with Crippen molar-refractivity contribution in [2.45, 2.75) is 53.1 Å². The van der Waals surface area contributed by atoms with E-state index < -0.39 is 0 Å². The minimum atomic E-state index is 0.0879. The molecule has 0 aliphatic carbocycles. The lowest BCUT2D eigenvalue weighted by atomic mass is 10.1. The molecule has 1 aromatic rings. The first kappa shape index (κ1) is 16.5. The zero-order valence-corrected chi connectivity index (χ0v) is 12.9. The predicted octanol–water partition coefficient (Wildman–Crippen LogP) is 2.40. The molecule has 0 aromatic heterocycles. The number of phenols is 1. The molecule has 1 atom stereocenters. The van der Waals surface area contributed by atoms with Gasteiger partial charge in [-0.2, -0.15) is 0 Å². The van der Waals surface area contributed by atoms with Gasteiger partial charge in [0.05, 0.1) is 0 Å². The fourth-order valence-electron chi connectivity index (χ4n) is 2.03. The fourth-order valence-corrected chi connectivity index (χ4v) is 2.03. The maximum atomic E-state index is 11.6. The number of nitrogens with one attached hydrogen (secondary N) is 2. The second-order valence-corrected chi connectivity index (χ2v) is 5.38. The third-order valence-electron chi connectivity index (χ3n) is 3.43. The predicted molar refractivity (Wildman–Crippen MR) is 81.8 cm³/mol. The van der Waals surface area contributed by atoms with E-state index in [-0.39, 0.29) is 11.9 Å². The summed E-state index contributed by atoms with van der Waals surface area (Å²) in [4.78, 5) is 11.6. The van der Waals surface area contributed by atoms with Crippen molar-refractivity contribution in [2.24, 2.45) is 0 Å². The zero-order valence-electron chi connectivity index (χ0n) is 12.9. The summed E-state index contributed by atoms with van der Waals surface area (Å²) in [6.45, 7) is 9.21. The van der Waals surface area contributed by atoms with Crippen molar-refractivity contribution >= 4 is 5.91 Å². The molecule has 0 saturated carbocycles. The summed E-state index contributed by atoms with van der Waals surface area (Å²) < 4.78 is 0. The molecule has 112 valence electrons. The Hall–Kier alpha value is -1.55. The van der Waals surface area contributed by atoms with Crippen molar-refractivity contribution in [1.29, 1.82) is 0 Å². The normalized spacial score (nSPS) is 12.2. The van der Waals surface area contributed by atoms with E-state index in [0.29, 0.717) is 25.3 Å². The van der Waals surface area contributed by atoms with Gasteiger partial charge in [0.15, 0.2) is 0 Å². The van der Waals surface area contributed by atoms with Crippen molar-refractivity contribution in [1.82, 2.24) is 10.6 Å². The van der Waals surface area contributed by atoms with Crippen LogP contribution in [0.1, 0.15) is 43.4 Å². The van der Waals surface area contributed by atoms with Crippen LogP contribution in [0.25, 0.3) is 0 Å². The molecular formula is C16H26N2O2. The van der Waals surface area contributed by atoms with Gasteiger partial charge in [0.25, 0.3) is 0 Å². The molecule has 1 rings (SSSR count). The first-order valence-corrected chi connectivity index (χ1v) is 7.23. The summed E-state index contributed by atoms with van der Waals surface area (Å²) in [6, 6.07) is 4.17. The Morgan fingerprint density at radius 2 is 1.90 bits per heavy atom. The number of carbonyl (C=O) groups is 1. The van der Waals surface area contributed by atoms with Crippen LogP contribution in [0.3, 0.4) is 0 Å². The SMILES string of the molecule is CCC(C)NC(=O)CCNCc1cc(C)c(O)c(C)c1. The van der Waals surface area contributed by atoms with Crippen LogP contribution in [0.15, 0.2) is 12.1 Å². The summed E-state index contributed by atoms with van der Waals surface area (Å²) >= 11 is 0. The van der Waals surface area contributed by atoms with Crippen LogP contribution in [0.5, 0.6) is 5.75 Å². The van der Waals surface area contributed by atoms with Crippen LogP contribution >= 0.6 is 0 Å². The molecule has 4 heteroatoms. The molecule has 1 aromatic carbocycles. The molecule has 0 aliphatic heterocycles. The number of benzene rings is 1. The summed E-state index contributed by atoms with van der Waals surface area (Å²) in [7, 11) is 0. The quantitative estimate of drug-likeness (QED) is 0.671. The topological polar surface area (TPSA) is 61.4 Å². The van der Waals surface area contributed by atoms with Crippen molar-refractivity contribution in [3.63, 3.8) is 0 Å². The average molecular weight is 278 g/mol. The Balaban J connectivity index is 2.33. The van der Waals surface area contributed by atoms with E-state index in [1.165, 1.54) is 0 Å². The monoisotopic (exact) mass is 278 g/mol. The standard InChI is InChI=1S/C16H26N2O2/c1-5-13(4)18-15(19)6-7-17-10-14-8-11(2)16(20)12(3)9-14/h8-9,13,17,20H,5-7,10H2,1-4H3,(H,18,19). The molecular weight excluding hydrogens is 252 g/mol. The van der Waals surface area contributed by atoms with E-state index in [2.05, 4.69) is 17.6 Å². The number of amides is 1. The number of hydrogen-bond acceptors (Lipinski definition) is 3. The zero-order chi connectivity index (χ0) is 15.1. The van der Waals surface area contributed by atoms with Crippen molar-refractivity contribution in [3.8, 4) is 5.75 Å². The summed E-state index contributed by atoms with van der Waals surface area (Å²) in [5.41, 5.74) is 2.90. The van der Waals surface area contributed by atoms with Crippen LogP contribution in [-0.4, -0.2) is 23.6 Å². The maximum Gasteiger partial charge on any atom is 0.221 e. The molecule has 4 nitrogen and oxygen atoms in total. The van der Waals surface area contributed by atoms with E-state index in [1.807, 2.05) is 32.9 Å². The summed E-state index contributed by atoms with van der Waals surface area (Å²) in [5.74, 6) is 0.451. The van der Waals surface area contributed by atoms with Gasteiger partial charge in [-0.3, -0.25) is 4.79 Å². The molecule has 0 aliphatic rings. The van der Waals surface area contributed by atoms with E-state index >= 15 is 0 Å². The Morgan fingerprint density at radius 3 is 2.45 bits per heavy atom. The Bertz CT molecular complexity index is 435. The molecule has 3 N–H and O–H groups in total. The van der Waals surface area contributed by atoms with Gasteiger partial charge < -0.3 is 15.7 Å². The van der Waals surface area contributed by atoms with Crippen LogP contribution in [0.4, 0.5) is 0 Å². The minimum absolute atomic E-state index is 0.0879. The van der Waals surface area contributed by atoms with Crippen LogP contribution in [0.2, 0.25) is 0 Å². The molecule has 0 heterocycles. The fraction of sp³-hybridized carbons (Fsp3) is 0.562. The molecule has 0 spiro atoms. The highest BCUT2D eigenvalue weighted by Crippen LogP contribution is 2.22. The molecule has 0 radical (unpaired) electrons. The lowest BCUT2D eigenvalue weighted by Gasteiger charge is -2.12. The lowest BCUT2D eigenvalue weighted by molar-refractivity contribution is -0.121. The molecule has 0 saturated heterocycles. The van der Waals surface area contributed by atoms with Crippen LogP contribution in [0, 0.1) is 13.8 Å². The van der Waals surface area contributed by atoms with Gasteiger partial charge in [0.1, 0.15) is 5.75 Å². The first-order valence-electron chi connectivity index (χ1n) is 7.23. The highest BCUT2D eigenvalue weighted by atomic mass is 16.3. The number of hydrogen-bond donors (Lipinski definition) is 3. The second-order valence-electron chi connectivity index (χ2n) is 5.38. The molecule has 1 unspecified atom stereocenters. The largest absolute Gasteiger partial charge is 0.507 e. The average Bonchev–Trinajstić information content (AvgIpc) is 2.40. The van der Waals surface area contributed by atoms with E-state index in [1.54, 1.807) is 0 Å². The lowest BCUT2D eigenvalue weighted by Crippen LogP contribution is -2.33. The molecule has 0 fully saturated rings. The van der Waals surface area contributed by atoms with Gasteiger partial charge in [0.2, 0.25) is 5.91 Å². The highest BCUT2D eigenvalue weighted by Gasteiger charge is 2.06. The van der Waals surface area contributed by atoms with Gasteiger partial charge >= 0.3 is 0 Å². The van der Waals surface area contributed by atoms with Gasteiger partial charge in [-0.15, -0.1) is 0 Å². The van der Waals surface area contributed by atoms with Gasteiger partial charge in [-0.1, -0.05) is 19.1 Å². The molecule has 20 heavy (non-hydrogen) atoms.